The average molecular weight is 265 g/mol. The summed E-state index contributed by atoms with van der Waals surface area (Å²) in [5.74, 6) is -0.154. The second-order valence-electron chi connectivity index (χ2n) is 4.96. The highest BCUT2D eigenvalue weighted by molar-refractivity contribution is 5.93. The van der Waals surface area contributed by atoms with Gasteiger partial charge in [-0.2, -0.15) is 0 Å². The molecule has 0 aromatic heterocycles. The van der Waals surface area contributed by atoms with Gasteiger partial charge < -0.3 is 5.32 Å². The van der Waals surface area contributed by atoms with E-state index >= 15 is 0 Å². The monoisotopic (exact) mass is 265 g/mol. The zero-order valence-corrected chi connectivity index (χ0v) is 11.4. The summed E-state index contributed by atoms with van der Waals surface area (Å²) in [6, 6.07) is 19.7. The quantitative estimate of drug-likeness (QED) is 0.710. The first-order chi connectivity index (χ1) is 9.74. The molecule has 0 amide bonds. The first-order valence-corrected chi connectivity index (χ1v) is 6.71. The summed E-state index contributed by atoms with van der Waals surface area (Å²) in [7, 11) is 0. The van der Waals surface area contributed by atoms with Gasteiger partial charge in [-0.05, 0) is 35.6 Å². The predicted octanol–water partition coefficient (Wildman–Crippen LogP) is 4.90. The Bertz CT molecular complexity index is 744. The number of aryl methyl sites for hydroxylation is 1. The lowest BCUT2D eigenvalue weighted by Crippen LogP contribution is -2.00. The number of nitrogens with one attached hydrogen (secondary N) is 1. The van der Waals surface area contributed by atoms with Gasteiger partial charge in [0.15, 0.2) is 0 Å². The molecular formula is C18H16FN. The van der Waals surface area contributed by atoms with Crippen molar-refractivity contribution in [2.45, 2.75) is 13.5 Å². The van der Waals surface area contributed by atoms with Crippen LogP contribution in [0.1, 0.15) is 11.1 Å². The third kappa shape index (κ3) is 2.50. The summed E-state index contributed by atoms with van der Waals surface area (Å²) >= 11 is 0. The SMILES string of the molecule is Cc1cc(CNc2cccc3ccccc23)ccc1F. The Morgan fingerprint density at radius 3 is 2.60 bits per heavy atom. The molecule has 0 aliphatic heterocycles. The molecule has 20 heavy (non-hydrogen) atoms. The van der Waals surface area contributed by atoms with Crippen LogP contribution < -0.4 is 5.32 Å². The third-order valence-electron chi connectivity index (χ3n) is 3.49. The Balaban J connectivity index is 1.85. The molecule has 0 saturated heterocycles. The van der Waals surface area contributed by atoms with Crippen molar-refractivity contribution < 1.29 is 4.39 Å². The van der Waals surface area contributed by atoms with Crippen molar-refractivity contribution >= 4 is 16.5 Å². The van der Waals surface area contributed by atoms with E-state index in [1.54, 1.807) is 6.92 Å². The van der Waals surface area contributed by atoms with E-state index in [-0.39, 0.29) is 5.82 Å². The van der Waals surface area contributed by atoms with Crippen molar-refractivity contribution in [3.63, 3.8) is 0 Å². The van der Waals surface area contributed by atoms with E-state index in [0.29, 0.717) is 12.1 Å². The highest BCUT2D eigenvalue weighted by Crippen LogP contribution is 2.23. The summed E-state index contributed by atoms with van der Waals surface area (Å²) in [4.78, 5) is 0. The summed E-state index contributed by atoms with van der Waals surface area (Å²) in [5, 5.41) is 5.85. The first kappa shape index (κ1) is 12.7. The molecule has 0 heterocycles. The smallest absolute Gasteiger partial charge is 0.126 e. The van der Waals surface area contributed by atoms with Gasteiger partial charge in [0, 0.05) is 17.6 Å². The lowest BCUT2D eigenvalue weighted by molar-refractivity contribution is 0.617. The molecule has 1 N–H and O–H groups in total. The minimum absolute atomic E-state index is 0.154. The van der Waals surface area contributed by atoms with E-state index < -0.39 is 0 Å². The van der Waals surface area contributed by atoms with E-state index in [1.165, 1.54) is 16.8 Å². The van der Waals surface area contributed by atoms with Crippen molar-refractivity contribution in [2.24, 2.45) is 0 Å². The van der Waals surface area contributed by atoms with Crippen LogP contribution in [0.5, 0.6) is 0 Å². The molecule has 0 spiro atoms. The second kappa shape index (κ2) is 5.33. The second-order valence-corrected chi connectivity index (χ2v) is 4.96. The fourth-order valence-electron chi connectivity index (χ4n) is 2.39. The molecule has 0 aliphatic carbocycles. The first-order valence-electron chi connectivity index (χ1n) is 6.71. The standard InChI is InChI=1S/C18H16FN/c1-13-11-14(9-10-17(13)19)12-20-18-8-4-6-15-5-2-3-7-16(15)18/h2-11,20H,12H2,1H3. The van der Waals surface area contributed by atoms with Crippen molar-refractivity contribution in [3.8, 4) is 0 Å². The molecule has 2 heteroatoms. The van der Waals surface area contributed by atoms with Gasteiger partial charge in [0.05, 0.1) is 0 Å². The zero-order valence-electron chi connectivity index (χ0n) is 11.4. The van der Waals surface area contributed by atoms with Gasteiger partial charge in [0.1, 0.15) is 5.82 Å². The number of hydrogen-bond donors (Lipinski definition) is 1. The van der Waals surface area contributed by atoms with Crippen LogP contribution >= 0.6 is 0 Å². The molecule has 1 nitrogen and oxygen atoms in total. The van der Waals surface area contributed by atoms with Crippen LogP contribution in [-0.4, -0.2) is 0 Å². The maximum atomic E-state index is 13.2. The number of hydrogen-bond acceptors (Lipinski definition) is 1. The summed E-state index contributed by atoms with van der Waals surface area (Å²) in [5.41, 5.74) is 2.86. The highest BCUT2D eigenvalue weighted by atomic mass is 19.1. The lowest BCUT2D eigenvalue weighted by Gasteiger charge is -2.10. The number of anilines is 1. The molecule has 0 aliphatic rings. The minimum Gasteiger partial charge on any atom is -0.380 e. The molecule has 3 rings (SSSR count). The van der Waals surface area contributed by atoms with E-state index in [2.05, 4.69) is 29.6 Å². The van der Waals surface area contributed by atoms with E-state index in [9.17, 15) is 4.39 Å². The van der Waals surface area contributed by atoms with Crippen LogP contribution in [0.4, 0.5) is 10.1 Å². The van der Waals surface area contributed by atoms with Crippen molar-refractivity contribution in [1.82, 2.24) is 0 Å². The number of halogens is 1. The molecule has 0 fully saturated rings. The Hall–Kier alpha value is -2.35. The van der Waals surface area contributed by atoms with Crippen molar-refractivity contribution in [2.75, 3.05) is 5.32 Å². The molecule has 100 valence electrons. The topological polar surface area (TPSA) is 12.0 Å². The Morgan fingerprint density at radius 1 is 0.950 bits per heavy atom. The highest BCUT2D eigenvalue weighted by Gasteiger charge is 2.02. The van der Waals surface area contributed by atoms with Crippen molar-refractivity contribution in [3.05, 3.63) is 77.6 Å². The van der Waals surface area contributed by atoms with Gasteiger partial charge in [-0.25, -0.2) is 4.39 Å². The molecule has 3 aromatic rings. The van der Waals surface area contributed by atoms with Crippen LogP contribution in [0, 0.1) is 12.7 Å². The molecule has 0 radical (unpaired) electrons. The summed E-state index contributed by atoms with van der Waals surface area (Å²) in [6.45, 7) is 2.48. The Labute approximate surface area is 118 Å². The largest absolute Gasteiger partial charge is 0.380 e. The van der Waals surface area contributed by atoms with Gasteiger partial charge in [-0.1, -0.05) is 48.5 Å². The molecule has 3 aromatic carbocycles. The van der Waals surface area contributed by atoms with E-state index in [0.717, 1.165) is 11.3 Å². The number of benzene rings is 3. The maximum absolute atomic E-state index is 13.2. The van der Waals surface area contributed by atoms with Crippen LogP contribution in [-0.2, 0) is 6.54 Å². The Morgan fingerprint density at radius 2 is 1.75 bits per heavy atom. The van der Waals surface area contributed by atoms with Gasteiger partial charge in [0.2, 0.25) is 0 Å². The summed E-state index contributed by atoms with van der Waals surface area (Å²) < 4.78 is 13.2. The van der Waals surface area contributed by atoms with Gasteiger partial charge in [-0.3, -0.25) is 0 Å². The third-order valence-corrected chi connectivity index (χ3v) is 3.49. The number of rotatable bonds is 3. The fourth-order valence-corrected chi connectivity index (χ4v) is 2.39. The van der Waals surface area contributed by atoms with Gasteiger partial charge in [0.25, 0.3) is 0 Å². The maximum Gasteiger partial charge on any atom is 0.126 e. The van der Waals surface area contributed by atoms with Gasteiger partial charge in [-0.15, -0.1) is 0 Å². The fraction of sp³-hybridized carbons (Fsp3) is 0.111. The molecule has 0 bridgehead atoms. The summed E-state index contributed by atoms with van der Waals surface area (Å²) in [6.07, 6.45) is 0. The zero-order chi connectivity index (χ0) is 13.9. The van der Waals surface area contributed by atoms with Crippen LogP contribution in [0.2, 0.25) is 0 Å². The Kier molecular flexibility index (Phi) is 3.38. The lowest BCUT2D eigenvalue weighted by atomic mass is 10.1. The van der Waals surface area contributed by atoms with Crippen LogP contribution in [0.3, 0.4) is 0 Å². The predicted molar refractivity (Wildman–Crippen MR) is 82.4 cm³/mol. The molecule has 0 unspecified atom stereocenters. The average Bonchev–Trinajstić information content (AvgIpc) is 2.48. The molecule has 0 atom stereocenters. The van der Waals surface area contributed by atoms with E-state index in [4.69, 9.17) is 0 Å². The van der Waals surface area contributed by atoms with Crippen molar-refractivity contribution in [1.29, 1.82) is 0 Å². The molecule has 0 saturated carbocycles. The minimum atomic E-state index is -0.154. The van der Waals surface area contributed by atoms with Crippen LogP contribution in [0.25, 0.3) is 10.8 Å². The van der Waals surface area contributed by atoms with Gasteiger partial charge >= 0.3 is 0 Å². The molecular weight excluding hydrogens is 249 g/mol. The number of fused-ring (bicyclic) bond motifs is 1. The normalized spacial score (nSPS) is 10.7. The van der Waals surface area contributed by atoms with E-state index in [1.807, 2.05) is 30.3 Å². The van der Waals surface area contributed by atoms with Crippen LogP contribution in [0.15, 0.2) is 60.7 Å².